The zero-order valence-corrected chi connectivity index (χ0v) is 17.0. The highest BCUT2D eigenvalue weighted by Crippen LogP contribution is 2.23. The Bertz CT molecular complexity index is 897. The van der Waals surface area contributed by atoms with Crippen molar-refractivity contribution < 1.29 is 15.6 Å². The Morgan fingerprint density at radius 2 is 0.742 bits per heavy atom. The van der Waals surface area contributed by atoms with Crippen molar-refractivity contribution in [3.05, 3.63) is 108 Å². The molecule has 0 radical (unpaired) electrons. The zero-order valence-electron chi connectivity index (χ0n) is 17.0. The summed E-state index contributed by atoms with van der Waals surface area (Å²) in [5, 5.41) is 39.6. The molecule has 0 atom stereocenters. The number of nitrogens with zero attached hydrogens (tertiary/aromatic N) is 3. The van der Waals surface area contributed by atoms with Gasteiger partial charge in [0.05, 0.1) is 17.1 Å². The van der Waals surface area contributed by atoms with Gasteiger partial charge in [-0.3, -0.25) is 0 Å². The molecule has 31 heavy (non-hydrogen) atoms. The minimum Gasteiger partial charge on any atom is -0.411 e. The van der Waals surface area contributed by atoms with Gasteiger partial charge in [-0.15, -0.1) is 0 Å². The number of rotatable bonds is 9. The van der Waals surface area contributed by atoms with Crippen LogP contribution in [0.1, 0.15) is 36.0 Å². The molecule has 0 aromatic heterocycles. The van der Waals surface area contributed by atoms with Gasteiger partial charge in [0, 0.05) is 0 Å². The second-order valence-electron chi connectivity index (χ2n) is 7.22. The fraction of sp³-hybridized carbons (Fsp3) is 0.160. The Labute approximate surface area is 181 Å². The van der Waals surface area contributed by atoms with Crippen molar-refractivity contribution >= 4 is 17.1 Å². The molecular weight excluding hydrogens is 390 g/mol. The van der Waals surface area contributed by atoms with Crippen molar-refractivity contribution in [2.45, 2.75) is 19.3 Å². The van der Waals surface area contributed by atoms with E-state index in [0.29, 0.717) is 36.4 Å². The van der Waals surface area contributed by atoms with Crippen molar-refractivity contribution in [1.29, 1.82) is 0 Å². The molecule has 0 aliphatic rings. The van der Waals surface area contributed by atoms with Gasteiger partial charge in [0.25, 0.3) is 0 Å². The van der Waals surface area contributed by atoms with Gasteiger partial charge in [-0.2, -0.15) is 0 Å². The molecular formula is C25H25N3O3. The first-order valence-electron chi connectivity index (χ1n) is 10.0. The quantitative estimate of drug-likeness (QED) is 0.248. The Kier molecular flexibility index (Phi) is 7.94. The summed E-state index contributed by atoms with van der Waals surface area (Å²) in [7, 11) is 0. The summed E-state index contributed by atoms with van der Waals surface area (Å²) in [6.07, 6.45) is 1.20. The summed E-state index contributed by atoms with van der Waals surface area (Å²) >= 11 is 0. The molecule has 0 aliphatic heterocycles. The summed E-state index contributed by atoms with van der Waals surface area (Å²) < 4.78 is 0. The number of benzene rings is 3. The van der Waals surface area contributed by atoms with E-state index in [1.807, 2.05) is 91.0 Å². The van der Waals surface area contributed by atoms with Crippen LogP contribution in [0.15, 0.2) is 106 Å². The van der Waals surface area contributed by atoms with E-state index in [1.54, 1.807) is 0 Å². The number of oxime groups is 3. The summed E-state index contributed by atoms with van der Waals surface area (Å²) in [6.45, 7) is 0. The van der Waals surface area contributed by atoms with Gasteiger partial charge in [0.2, 0.25) is 0 Å². The molecule has 0 aliphatic carbocycles. The molecule has 6 nitrogen and oxygen atoms in total. The molecule has 158 valence electrons. The molecule has 3 rings (SSSR count). The molecule has 0 unspecified atom stereocenters. The third kappa shape index (κ3) is 6.02. The van der Waals surface area contributed by atoms with Crippen LogP contribution < -0.4 is 0 Å². The SMILES string of the molecule is O/N=C(/CC(C/C(=N/O)c1ccccc1)C/C(=N\O)c1ccccc1)c1ccccc1. The predicted molar refractivity (Wildman–Crippen MR) is 122 cm³/mol. The second kappa shape index (κ2) is 11.3. The van der Waals surface area contributed by atoms with Gasteiger partial charge < -0.3 is 15.6 Å². The van der Waals surface area contributed by atoms with Crippen molar-refractivity contribution in [2.24, 2.45) is 21.4 Å². The molecule has 0 saturated heterocycles. The zero-order chi connectivity index (χ0) is 21.9. The van der Waals surface area contributed by atoms with E-state index in [4.69, 9.17) is 0 Å². The molecule has 0 amide bonds. The Balaban J connectivity index is 1.89. The van der Waals surface area contributed by atoms with Gasteiger partial charge in [0.1, 0.15) is 0 Å². The first-order valence-corrected chi connectivity index (χ1v) is 10.0. The Morgan fingerprint density at radius 3 is 0.968 bits per heavy atom. The normalized spacial score (nSPS) is 12.9. The third-order valence-electron chi connectivity index (χ3n) is 5.13. The average molecular weight is 415 g/mol. The highest BCUT2D eigenvalue weighted by molar-refractivity contribution is 6.05. The third-order valence-corrected chi connectivity index (χ3v) is 5.13. The molecule has 0 fully saturated rings. The van der Waals surface area contributed by atoms with Gasteiger partial charge in [0.15, 0.2) is 0 Å². The van der Waals surface area contributed by atoms with E-state index in [2.05, 4.69) is 15.5 Å². The van der Waals surface area contributed by atoms with Crippen LogP contribution >= 0.6 is 0 Å². The van der Waals surface area contributed by atoms with Crippen LogP contribution in [0.2, 0.25) is 0 Å². The standard InChI is InChI=1S/C25H25N3O3/c29-26-23(20-10-4-1-5-11-20)16-19(17-24(27-30)21-12-6-2-7-13-21)18-25(28-31)22-14-8-3-9-15-22/h1-15,19,29-31H,16-18H2/b26-23-,27-24-,28-25+. The van der Waals surface area contributed by atoms with Crippen molar-refractivity contribution in [1.82, 2.24) is 0 Å². The second-order valence-corrected chi connectivity index (χ2v) is 7.22. The Hall–Kier alpha value is -3.93. The van der Waals surface area contributed by atoms with Crippen molar-refractivity contribution in [3.63, 3.8) is 0 Å². The van der Waals surface area contributed by atoms with Crippen molar-refractivity contribution in [3.8, 4) is 0 Å². The maximum absolute atomic E-state index is 9.67. The number of hydrogen-bond acceptors (Lipinski definition) is 6. The van der Waals surface area contributed by atoms with Gasteiger partial charge in [-0.25, -0.2) is 0 Å². The van der Waals surface area contributed by atoms with Gasteiger partial charge in [-0.1, -0.05) is 106 Å². The largest absolute Gasteiger partial charge is 0.411 e. The molecule has 6 heteroatoms. The highest BCUT2D eigenvalue weighted by Gasteiger charge is 2.21. The highest BCUT2D eigenvalue weighted by atomic mass is 16.4. The maximum atomic E-state index is 9.67. The molecule has 0 saturated carbocycles. The van der Waals surface area contributed by atoms with Crippen LogP contribution in [0, 0.1) is 5.92 Å². The van der Waals surface area contributed by atoms with Crippen LogP contribution in [-0.2, 0) is 0 Å². The minimum atomic E-state index is -0.150. The van der Waals surface area contributed by atoms with E-state index < -0.39 is 0 Å². The Morgan fingerprint density at radius 1 is 0.484 bits per heavy atom. The minimum absolute atomic E-state index is 0.150. The summed E-state index contributed by atoms with van der Waals surface area (Å²) in [5.74, 6) is -0.150. The van der Waals surface area contributed by atoms with E-state index in [0.717, 1.165) is 16.7 Å². The summed E-state index contributed by atoms with van der Waals surface area (Å²) in [4.78, 5) is 0. The van der Waals surface area contributed by atoms with E-state index >= 15 is 0 Å². The summed E-state index contributed by atoms with van der Waals surface area (Å²) in [6, 6.07) is 28.2. The van der Waals surface area contributed by atoms with Crippen LogP contribution in [0.25, 0.3) is 0 Å². The van der Waals surface area contributed by atoms with Crippen LogP contribution in [0.5, 0.6) is 0 Å². The van der Waals surface area contributed by atoms with Crippen LogP contribution in [-0.4, -0.2) is 32.8 Å². The lowest BCUT2D eigenvalue weighted by molar-refractivity contribution is 0.312. The van der Waals surface area contributed by atoms with E-state index in [1.165, 1.54) is 0 Å². The summed E-state index contributed by atoms with van der Waals surface area (Å²) in [5.41, 5.74) is 3.96. The molecule has 0 bridgehead atoms. The van der Waals surface area contributed by atoms with Gasteiger partial charge >= 0.3 is 0 Å². The van der Waals surface area contributed by atoms with Crippen LogP contribution in [0.3, 0.4) is 0 Å². The molecule has 3 aromatic carbocycles. The molecule has 3 N–H and O–H groups in total. The topological polar surface area (TPSA) is 97.8 Å². The lowest BCUT2D eigenvalue weighted by atomic mass is 9.86. The predicted octanol–water partition coefficient (Wildman–Crippen LogP) is 5.41. The van der Waals surface area contributed by atoms with Crippen LogP contribution in [0.4, 0.5) is 0 Å². The number of hydrogen-bond donors (Lipinski definition) is 3. The smallest absolute Gasteiger partial charge is 0.0870 e. The maximum Gasteiger partial charge on any atom is 0.0870 e. The monoisotopic (exact) mass is 415 g/mol. The lowest BCUT2D eigenvalue weighted by Crippen LogP contribution is -2.19. The molecule has 0 heterocycles. The lowest BCUT2D eigenvalue weighted by Gasteiger charge is -2.19. The van der Waals surface area contributed by atoms with Crippen molar-refractivity contribution in [2.75, 3.05) is 0 Å². The fourth-order valence-corrected chi connectivity index (χ4v) is 3.58. The molecule has 0 spiro atoms. The fourth-order valence-electron chi connectivity index (χ4n) is 3.58. The molecule has 3 aromatic rings. The van der Waals surface area contributed by atoms with Gasteiger partial charge in [-0.05, 0) is 41.9 Å². The average Bonchev–Trinajstić information content (AvgIpc) is 2.85. The van der Waals surface area contributed by atoms with E-state index in [-0.39, 0.29) is 5.92 Å². The first kappa shape index (κ1) is 21.8. The van der Waals surface area contributed by atoms with E-state index in [9.17, 15) is 15.6 Å². The first-order chi connectivity index (χ1) is 15.2.